The van der Waals surface area contributed by atoms with Gasteiger partial charge in [0, 0.05) is 20.2 Å². The second-order valence-corrected chi connectivity index (χ2v) is 17.8. The van der Waals surface area contributed by atoms with Gasteiger partial charge < -0.3 is 14.6 Å². The zero-order chi connectivity index (χ0) is 33.6. The van der Waals surface area contributed by atoms with Gasteiger partial charge in [0.15, 0.2) is 0 Å². The van der Waals surface area contributed by atoms with Gasteiger partial charge in [0.2, 0.25) is 0 Å². The summed E-state index contributed by atoms with van der Waals surface area (Å²) in [4.78, 5) is 12.5. The maximum atomic E-state index is 7.75. The topological polar surface area (TPSA) is 23.6 Å². The average molecular weight is 753 g/mol. The first-order chi connectivity index (χ1) is 22.3. The van der Waals surface area contributed by atoms with E-state index in [9.17, 15) is 0 Å². The molecule has 4 fully saturated rings. The Kier molecular flexibility index (Phi) is 17.5. The third kappa shape index (κ3) is 10.7. The second kappa shape index (κ2) is 20.4. The Bertz CT molecular complexity index is 1040. The molecule has 0 atom stereocenters. The fourth-order valence-electron chi connectivity index (χ4n) is 9.23. The van der Waals surface area contributed by atoms with Gasteiger partial charge in [0.25, 0.3) is 0 Å². The number of halogens is 1. The molecule has 46 heavy (non-hydrogen) atoms. The van der Waals surface area contributed by atoms with Gasteiger partial charge in [0.05, 0.1) is 17.0 Å². The van der Waals surface area contributed by atoms with Crippen LogP contribution in [-0.2, 0) is 22.1 Å². The van der Waals surface area contributed by atoms with Crippen molar-refractivity contribution in [1.82, 2.24) is 0 Å². The number of anilines is 2. The zero-order valence-electron chi connectivity index (χ0n) is 29.5. The van der Waals surface area contributed by atoms with Gasteiger partial charge in [-0.15, -0.1) is 5.56 Å². The molecule has 0 amide bonds. The fraction of sp³-hybridized carbons (Fsp3) is 0.625. The molecule has 6 rings (SSSR count). The van der Waals surface area contributed by atoms with Gasteiger partial charge >= 0.3 is 27.0 Å². The van der Waals surface area contributed by atoms with E-state index in [0.29, 0.717) is 0 Å². The molecule has 2 aromatic carbocycles. The molecule has 0 bridgehead atoms. The Morgan fingerprint density at radius 3 is 1.33 bits per heavy atom. The number of nitrogens with zero attached hydrogens (tertiary/aromatic N) is 2. The van der Waals surface area contributed by atoms with E-state index in [0.717, 1.165) is 18.7 Å². The Labute approximate surface area is 298 Å². The number of benzene rings is 2. The summed E-state index contributed by atoms with van der Waals surface area (Å²) in [5.74, 6) is 0. The van der Waals surface area contributed by atoms with Crippen LogP contribution in [0.1, 0.15) is 130 Å². The number of rotatable bonds is 5. The minimum atomic E-state index is -0.0465. The van der Waals surface area contributed by atoms with Crippen molar-refractivity contribution in [2.24, 2.45) is 0 Å². The predicted octanol–water partition coefficient (Wildman–Crippen LogP) is 11.5. The molecule has 256 valence electrons. The van der Waals surface area contributed by atoms with E-state index < -0.39 is 0 Å². The van der Waals surface area contributed by atoms with Crippen LogP contribution in [0.4, 0.5) is 11.4 Å². The molecule has 0 unspecified atom stereocenters. The molecular formula is C40H61ClN2OPRu+. The first kappa shape index (κ1) is 39.4. The Morgan fingerprint density at radius 1 is 0.630 bits per heavy atom. The molecule has 0 N–H and O–H groups in total. The van der Waals surface area contributed by atoms with Crippen molar-refractivity contribution >= 4 is 35.8 Å². The quantitative estimate of drug-likeness (QED) is 0.131. The molecule has 3 aliphatic carbocycles. The summed E-state index contributed by atoms with van der Waals surface area (Å²) in [6.07, 6.45) is 23.8. The van der Waals surface area contributed by atoms with Gasteiger partial charge in [-0.2, -0.15) is 25.2 Å². The zero-order valence-corrected chi connectivity index (χ0v) is 33.0. The standard InChI is InChI=1S/C21H26N2.C18H33P.CHO.ClH.Ru/c1-14-9-16(3)20(17(4)10-14)22-7-8-23(13-22)21-18(5)11-15(2)12-19(21)6;1-4-10-16(11-5-1)19(17-12-6-2-7-13-17)18-14-8-3-9-15-18;1-2;;/h9-13H,3,7-8H2,1-2,4-6H3;16-18H,1-15H2;1H;1H;/q-2;;-1;;+4. The third-order valence-corrected chi connectivity index (χ3v) is 15.4. The van der Waals surface area contributed by atoms with E-state index in [-0.39, 0.29) is 7.92 Å². The van der Waals surface area contributed by atoms with Crippen molar-refractivity contribution in [2.45, 2.75) is 148 Å². The van der Waals surface area contributed by atoms with Crippen molar-refractivity contribution in [3.63, 3.8) is 0 Å². The van der Waals surface area contributed by atoms with Crippen LogP contribution in [0.5, 0.6) is 0 Å². The van der Waals surface area contributed by atoms with Crippen LogP contribution < -0.4 is 9.80 Å². The molecule has 3 saturated carbocycles. The van der Waals surface area contributed by atoms with E-state index in [1.54, 1.807) is 96.3 Å². The second-order valence-electron chi connectivity index (χ2n) is 14.3. The molecule has 2 aromatic rings. The van der Waals surface area contributed by atoms with E-state index in [1.165, 1.54) is 56.2 Å². The molecule has 0 spiro atoms. The maximum absolute atomic E-state index is 7.75. The molecule has 1 saturated heterocycles. The van der Waals surface area contributed by atoms with Crippen LogP contribution in [0.15, 0.2) is 24.3 Å². The fourth-order valence-corrected chi connectivity index (χ4v) is 14.5. The molecule has 1 heterocycles. The van der Waals surface area contributed by atoms with Crippen LogP contribution in [-0.4, -0.2) is 36.9 Å². The van der Waals surface area contributed by atoms with E-state index in [4.69, 9.17) is 4.79 Å². The van der Waals surface area contributed by atoms with Crippen LogP contribution >= 0.6 is 17.6 Å². The van der Waals surface area contributed by atoms with E-state index in [2.05, 4.69) is 98.8 Å². The van der Waals surface area contributed by atoms with E-state index in [1.807, 2.05) is 17.3 Å². The minimum absolute atomic E-state index is 0.0465. The van der Waals surface area contributed by atoms with Gasteiger partial charge in [-0.1, -0.05) is 61.2 Å². The van der Waals surface area contributed by atoms with Crippen molar-refractivity contribution in [3.8, 4) is 0 Å². The molecule has 4 aliphatic rings. The SMILES string of the molecule is C1CCC([PH+](C2CCCCC2)C2CCCCC2)CC1.[CH-]=O.[CH2-]c1cc(C)cc(C)c1N1[CH-]N(c2c(C)cc(C)cc2C)CC1.[Cl][Ru+3]. The normalized spacial score (nSPS) is 19.5. The molecule has 0 radical (unpaired) electrons. The van der Waals surface area contributed by atoms with Crippen molar-refractivity contribution in [2.75, 3.05) is 22.9 Å². The van der Waals surface area contributed by atoms with Crippen molar-refractivity contribution in [3.05, 3.63) is 71.2 Å². The van der Waals surface area contributed by atoms with Crippen LogP contribution in [0, 0.1) is 48.2 Å². The number of carbonyl (C=O) groups excluding carboxylic acids is 1. The molecule has 6 heteroatoms. The Hall–Kier alpha value is -1.08. The molecule has 1 aliphatic heterocycles. The van der Waals surface area contributed by atoms with Gasteiger partial charge in [-0.3, -0.25) is 6.79 Å². The summed E-state index contributed by atoms with van der Waals surface area (Å²) < 4.78 is 0. The third-order valence-electron chi connectivity index (χ3n) is 10.8. The first-order valence-electron chi connectivity index (χ1n) is 17.9. The first-order valence-corrected chi connectivity index (χ1v) is 21.9. The van der Waals surface area contributed by atoms with Crippen LogP contribution in [0.2, 0.25) is 0 Å². The summed E-state index contributed by atoms with van der Waals surface area (Å²) in [5.41, 5.74) is 14.0. The van der Waals surface area contributed by atoms with E-state index >= 15 is 0 Å². The Balaban J connectivity index is 0.000000229. The number of hydrogen-bond acceptors (Lipinski definition) is 3. The molecular weight excluding hydrogens is 692 g/mol. The number of hydrogen-bond donors (Lipinski definition) is 0. The molecule has 0 aromatic heterocycles. The average Bonchev–Trinajstić information content (AvgIpc) is 3.53. The van der Waals surface area contributed by atoms with Crippen molar-refractivity contribution < 1.29 is 22.1 Å². The summed E-state index contributed by atoms with van der Waals surface area (Å²) in [6, 6.07) is 8.94. The molecule has 3 nitrogen and oxygen atoms in total. The summed E-state index contributed by atoms with van der Waals surface area (Å²) in [7, 11) is 4.52. The van der Waals surface area contributed by atoms with Crippen LogP contribution in [0.25, 0.3) is 0 Å². The summed E-state index contributed by atoms with van der Waals surface area (Å²) >= 11 is 1.82. The Morgan fingerprint density at radius 2 is 0.957 bits per heavy atom. The van der Waals surface area contributed by atoms with Gasteiger partial charge in [0.1, 0.15) is 0 Å². The summed E-state index contributed by atoms with van der Waals surface area (Å²) in [6.45, 7) is 22.6. The van der Waals surface area contributed by atoms with Crippen LogP contribution in [0.3, 0.4) is 0 Å². The van der Waals surface area contributed by atoms with Gasteiger partial charge in [-0.05, 0) is 122 Å². The number of aryl methyl sites for hydroxylation is 5. The van der Waals surface area contributed by atoms with Gasteiger partial charge in [-0.25, -0.2) is 0 Å². The summed E-state index contributed by atoms with van der Waals surface area (Å²) in [5, 5.41) is 0. The van der Waals surface area contributed by atoms with Crippen molar-refractivity contribution in [1.29, 1.82) is 0 Å². The monoisotopic (exact) mass is 753 g/mol. The predicted molar refractivity (Wildman–Crippen MR) is 202 cm³/mol.